The van der Waals surface area contributed by atoms with E-state index in [1.54, 1.807) is 34.0 Å². The first-order valence-corrected chi connectivity index (χ1v) is 11.7. The van der Waals surface area contributed by atoms with Gasteiger partial charge < -0.3 is 9.88 Å². The van der Waals surface area contributed by atoms with Crippen LogP contribution >= 0.6 is 11.6 Å². The molecule has 1 aliphatic heterocycles. The van der Waals surface area contributed by atoms with Crippen LogP contribution in [0.4, 0.5) is 5.82 Å². The van der Waals surface area contributed by atoms with E-state index in [1.807, 2.05) is 30.3 Å². The molecule has 0 saturated carbocycles. The van der Waals surface area contributed by atoms with Gasteiger partial charge in [0.15, 0.2) is 11.5 Å². The van der Waals surface area contributed by atoms with E-state index >= 15 is 0 Å². The van der Waals surface area contributed by atoms with Gasteiger partial charge in [-0.15, -0.1) is 0 Å². The highest BCUT2D eigenvalue weighted by Crippen LogP contribution is 2.38. The summed E-state index contributed by atoms with van der Waals surface area (Å²) in [6.07, 6.45) is 5.93. The number of hydrogen-bond donors (Lipinski definition) is 1. The Bertz CT molecular complexity index is 1560. The zero-order chi connectivity index (χ0) is 23.4. The molecule has 1 saturated heterocycles. The van der Waals surface area contributed by atoms with Crippen LogP contribution in [0.25, 0.3) is 22.4 Å². The number of aromatic amines is 1. The Balaban J connectivity index is 1.54. The molecular weight excluding hydrogens is 452 g/mol. The minimum absolute atomic E-state index is 0.0618. The largest absolute Gasteiger partial charge is 0.351 e. The molecule has 10 heteroatoms. The second kappa shape index (κ2) is 7.95. The van der Waals surface area contributed by atoms with Crippen LogP contribution in [0.3, 0.4) is 0 Å². The number of benzene rings is 1. The van der Waals surface area contributed by atoms with Crippen LogP contribution < -0.4 is 10.5 Å². The van der Waals surface area contributed by atoms with Gasteiger partial charge in [-0.2, -0.15) is 5.10 Å². The van der Waals surface area contributed by atoms with E-state index in [1.165, 1.54) is 0 Å². The van der Waals surface area contributed by atoms with Gasteiger partial charge in [0.1, 0.15) is 23.2 Å². The number of anilines is 1. The van der Waals surface area contributed by atoms with E-state index in [4.69, 9.17) is 16.7 Å². The zero-order valence-corrected chi connectivity index (χ0v) is 19.5. The number of fused-ring (bicyclic) bond motifs is 2. The van der Waals surface area contributed by atoms with Gasteiger partial charge in [0.25, 0.3) is 5.56 Å². The van der Waals surface area contributed by atoms with Crippen molar-refractivity contribution >= 4 is 34.1 Å². The molecule has 1 aliphatic rings. The second-order valence-corrected chi connectivity index (χ2v) is 9.24. The predicted molar refractivity (Wildman–Crippen MR) is 131 cm³/mol. The zero-order valence-electron chi connectivity index (χ0n) is 18.8. The van der Waals surface area contributed by atoms with E-state index in [0.717, 1.165) is 30.0 Å². The number of nitrogens with one attached hydrogen (secondary N) is 1. The lowest BCUT2D eigenvalue weighted by molar-refractivity contribution is 0.427. The van der Waals surface area contributed by atoms with E-state index in [9.17, 15) is 4.79 Å². The van der Waals surface area contributed by atoms with E-state index in [-0.39, 0.29) is 17.5 Å². The average Bonchev–Trinajstić information content (AvgIpc) is 3.57. The molecule has 3 unspecified atom stereocenters. The molecular formula is C24H23ClN8O. The van der Waals surface area contributed by atoms with Crippen LogP contribution in [0, 0.1) is 5.92 Å². The van der Waals surface area contributed by atoms with Crippen molar-refractivity contribution in [2.45, 2.75) is 32.2 Å². The molecule has 5 heterocycles. The van der Waals surface area contributed by atoms with Crippen LogP contribution in [0.15, 0.2) is 60.0 Å². The fourth-order valence-corrected chi connectivity index (χ4v) is 5.49. The molecule has 1 aromatic carbocycles. The molecule has 5 aromatic rings. The van der Waals surface area contributed by atoms with Crippen LogP contribution in [-0.4, -0.2) is 46.7 Å². The fourth-order valence-electron chi connectivity index (χ4n) is 5.27. The minimum atomic E-state index is -0.187. The first kappa shape index (κ1) is 20.9. The molecule has 6 rings (SSSR count). The second-order valence-electron chi connectivity index (χ2n) is 8.83. The Hall–Kier alpha value is -3.72. The van der Waals surface area contributed by atoms with Gasteiger partial charge in [-0.25, -0.2) is 19.5 Å². The molecule has 0 radical (unpaired) electrons. The van der Waals surface area contributed by atoms with Crippen LogP contribution in [0.5, 0.6) is 0 Å². The summed E-state index contributed by atoms with van der Waals surface area (Å²) in [5.41, 5.74) is 2.39. The molecule has 34 heavy (non-hydrogen) atoms. The van der Waals surface area contributed by atoms with Crippen molar-refractivity contribution in [3.05, 3.63) is 76.5 Å². The fraction of sp³-hybridized carbons (Fsp3) is 0.292. The van der Waals surface area contributed by atoms with E-state index in [2.05, 4.69) is 38.7 Å². The Morgan fingerprint density at radius 3 is 2.79 bits per heavy atom. The molecule has 3 atom stereocenters. The molecule has 1 fully saturated rings. The van der Waals surface area contributed by atoms with Crippen molar-refractivity contribution < 1.29 is 0 Å². The van der Waals surface area contributed by atoms with Crippen molar-refractivity contribution in [2.75, 3.05) is 11.4 Å². The third-order valence-corrected chi connectivity index (χ3v) is 7.14. The number of halogens is 1. The maximum Gasteiger partial charge on any atom is 0.284 e. The number of nitrogens with zero attached hydrogens (tertiary/aromatic N) is 7. The lowest BCUT2D eigenvalue weighted by atomic mass is 9.90. The highest BCUT2D eigenvalue weighted by atomic mass is 35.5. The number of rotatable bonds is 4. The molecule has 0 bridgehead atoms. The van der Waals surface area contributed by atoms with Gasteiger partial charge in [0.05, 0.1) is 17.0 Å². The highest BCUT2D eigenvalue weighted by Gasteiger charge is 2.39. The number of hydrogen-bond acceptors (Lipinski definition) is 6. The molecule has 0 amide bonds. The highest BCUT2D eigenvalue weighted by molar-refractivity contribution is 6.33. The lowest BCUT2D eigenvalue weighted by Crippen LogP contribution is -2.40. The first-order chi connectivity index (χ1) is 16.5. The lowest BCUT2D eigenvalue weighted by Gasteiger charge is -2.33. The smallest absolute Gasteiger partial charge is 0.284 e. The van der Waals surface area contributed by atoms with Crippen molar-refractivity contribution in [2.24, 2.45) is 5.92 Å². The van der Waals surface area contributed by atoms with Crippen LogP contribution in [-0.2, 0) is 0 Å². The molecule has 172 valence electrons. The number of H-pyrrole nitrogens is 1. The minimum Gasteiger partial charge on any atom is -0.351 e. The number of para-hydroxylation sites is 1. The van der Waals surface area contributed by atoms with Gasteiger partial charge in [-0.05, 0) is 30.5 Å². The molecule has 0 spiro atoms. The molecule has 1 N–H and O–H groups in total. The number of aromatic nitrogens is 7. The topological polar surface area (TPSA) is 97.0 Å². The number of imidazole rings is 1. The van der Waals surface area contributed by atoms with Crippen molar-refractivity contribution in [1.29, 1.82) is 0 Å². The molecule has 0 aliphatic carbocycles. The standard InChI is InChI=1S/C24H23ClN8O/c1-14-8-10-31(23-18-21(27-12-26-18)28-13-29-23)19(14)15(2)22-30-32-11-9-17(25)20(32)24(34)33(22)16-6-4-3-5-7-16/h3-7,9,11-15,19H,8,10H2,1-2H3,(H,26,27,28,29). The first-order valence-electron chi connectivity index (χ1n) is 11.3. The normalized spacial score (nSPS) is 19.3. The molecule has 4 aromatic heterocycles. The summed E-state index contributed by atoms with van der Waals surface area (Å²) >= 11 is 6.36. The van der Waals surface area contributed by atoms with Crippen LogP contribution in [0.2, 0.25) is 5.02 Å². The predicted octanol–water partition coefficient (Wildman–Crippen LogP) is 3.82. The Kier molecular flexibility index (Phi) is 4.88. The quantitative estimate of drug-likeness (QED) is 0.425. The van der Waals surface area contributed by atoms with Crippen molar-refractivity contribution in [1.82, 2.24) is 34.1 Å². The van der Waals surface area contributed by atoms with Gasteiger partial charge in [0.2, 0.25) is 0 Å². The SMILES string of the molecule is CC1CCN(c2ncnc3nc[nH]c23)C1C(C)c1nn2ccc(Cl)c2c(=O)n1-c1ccccc1. The third-order valence-electron chi connectivity index (χ3n) is 6.84. The summed E-state index contributed by atoms with van der Waals surface area (Å²) in [6.45, 7) is 5.21. The summed E-state index contributed by atoms with van der Waals surface area (Å²) < 4.78 is 3.29. The average molecular weight is 475 g/mol. The molecule has 9 nitrogen and oxygen atoms in total. The van der Waals surface area contributed by atoms with Gasteiger partial charge in [0, 0.05) is 24.7 Å². The van der Waals surface area contributed by atoms with Crippen molar-refractivity contribution in [3.8, 4) is 5.69 Å². The van der Waals surface area contributed by atoms with Gasteiger partial charge >= 0.3 is 0 Å². The summed E-state index contributed by atoms with van der Waals surface area (Å²) in [5.74, 6) is 1.76. The van der Waals surface area contributed by atoms with E-state index < -0.39 is 0 Å². The Morgan fingerprint density at radius 2 is 1.97 bits per heavy atom. The van der Waals surface area contributed by atoms with E-state index in [0.29, 0.717) is 27.9 Å². The van der Waals surface area contributed by atoms with Gasteiger partial charge in [-0.1, -0.05) is 43.6 Å². The van der Waals surface area contributed by atoms with Crippen LogP contribution in [0.1, 0.15) is 32.0 Å². The Labute approximate surface area is 200 Å². The summed E-state index contributed by atoms with van der Waals surface area (Å²) in [7, 11) is 0. The monoisotopic (exact) mass is 474 g/mol. The maximum absolute atomic E-state index is 13.7. The summed E-state index contributed by atoms with van der Waals surface area (Å²) in [4.78, 5) is 32.3. The van der Waals surface area contributed by atoms with Crippen molar-refractivity contribution in [3.63, 3.8) is 0 Å². The third kappa shape index (κ3) is 3.11. The Morgan fingerprint density at radius 1 is 1.15 bits per heavy atom. The summed E-state index contributed by atoms with van der Waals surface area (Å²) in [6, 6.07) is 11.4. The van der Waals surface area contributed by atoms with Gasteiger partial charge in [-0.3, -0.25) is 9.36 Å². The maximum atomic E-state index is 13.7. The summed E-state index contributed by atoms with van der Waals surface area (Å²) in [5, 5.41) is 5.30.